The molecule has 0 aromatic rings. The van der Waals surface area contributed by atoms with Gasteiger partial charge in [0, 0.05) is 11.8 Å². The molecule has 0 heterocycles. The lowest BCUT2D eigenvalue weighted by atomic mass is 10.0. The Morgan fingerprint density at radius 1 is 1.30 bits per heavy atom. The molecule has 2 fully saturated rings. The second-order valence-electron chi connectivity index (χ2n) is 3.63. The van der Waals surface area contributed by atoms with Gasteiger partial charge >= 0.3 is 0 Å². The summed E-state index contributed by atoms with van der Waals surface area (Å²) in [6.45, 7) is 2.09. The average molecular weight is 146 g/mol. The summed E-state index contributed by atoms with van der Waals surface area (Å²) >= 11 is 0. The number of rotatable bonds is 1. The Kier molecular flexibility index (Phi) is 1.13. The third-order valence-electron chi connectivity index (χ3n) is 3.12. The van der Waals surface area contributed by atoms with Crippen LogP contribution in [0.3, 0.4) is 0 Å². The van der Waals surface area contributed by atoms with Gasteiger partial charge in [0.2, 0.25) is 0 Å². The number of hydrogen-bond donors (Lipinski definition) is 0. The van der Waals surface area contributed by atoms with Gasteiger partial charge in [0.05, 0.1) is 0 Å². The summed E-state index contributed by atoms with van der Waals surface area (Å²) in [5.74, 6) is -2.10. The van der Waals surface area contributed by atoms with Gasteiger partial charge in [-0.05, 0) is 18.8 Å². The van der Waals surface area contributed by atoms with Crippen LogP contribution in [-0.2, 0) is 0 Å². The van der Waals surface area contributed by atoms with Crippen LogP contribution in [0.2, 0.25) is 0 Å². The molecule has 58 valence electrons. The molecule has 10 heavy (non-hydrogen) atoms. The fraction of sp³-hybridized carbons (Fsp3) is 1.00. The molecular weight excluding hydrogens is 134 g/mol. The van der Waals surface area contributed by atoms with Crippen molar-refractivity contribution in [2.24, 2.45) is 17.8 Å². The van der Waals surface area contributed by atoms with E-state index in [1.165, 1.54) is 0 Å². The quantitative estimate of drug-likeness (QED) is 0.533. The van der Waals surface area contributed by atoms with E-state index >= 15 is 0 Å². The number of halogens is 2. The van der Waals surface area contributed by atoms with E-state index < -0.39 is 5.92 Å². The van der Waals surface area contributed by atoms with E-state index in [9.17, 15) is 8.78 Å². The number of hydrogen-bond acceptors (Lipinski definition) is 0. The van der Waals surface area contributed by atoms with Crippen molar-refractivity contribution in [1.29, 1.82) is 0 Å². The molecule has 0 nitrogen and oxygen atoms in total. The molecule has 2 aliphatic carbocycles. The fourth-order valence-corrected chi connectivity index (χ4v) is 2.25. The molecule has 0 aliphatic heterocycles. The zero-order chi connectivity index (χ0) is 7.35. The summed E-state index contributed by atoms with van der Waals surface area (Å²) in [6.07, 6.45) is 2.66. The van der Waals surface area contributed by atoms with Crippen LogP contribution in [0.15, 0.2) is 0 Å². The molecule has 0 radical (unpaired) electrons. The highest BCUT2D eigenvalue weighted by atomic mass is 19.3. The Hall–Kier alpha value is -0.140. The highest BCUT2D eigenvalue weighted by Crippen LogP contribution is 2.66. The van der Waals surface area contributed by atoms with Crippen LogP contribution >= 0.6 is 0 Å². The van der Waals surface area contributed by atoms with Crippen molar-refractivity contribution in [2.75, 3.05) is 0 Å². The van der Waals surface area contributed by atoms with E-state index in [-0.39, 0.29) is 11.8 Å². The normalized spacial score (nSPS) is 48.9. The summed E-state index contributed by atoms with van der Waals surface area (Å²) in [7, 11) is 0. The molecule has 0 aromatic carbocycles. The van der Waals surface area contributed by atoms with Crippen molar-refractivity contribution in [3.8, 4) is 0 Å². The van der Waals surface area contributed by atoms with Crippen molar-refractivity contribution in [3.05, 3.63) is 0 Å². The average Bonchev–Trinajstić information content (AvgIpc) is 2.37. The molecule has 0 N–H and O–H groups in total. The Balaban J connectivity index is 1.96. The maximum Gasteiger partial charge on any atom is 0.254 e. The third kappa shape index (κ3) is 0.650. The Morgan fingerprint density at radius 3 is 2.20 bits per heavy atom. The maximum atomic E-state index is 12.6. The van der Waals surface area contributed by atoms with Gasteiger partial charge in [-0.2, -0.15) is 0 Å². The fourth-order valence-electron chi connectivity index (χ4n) is 2.25. The first-order valence-electron chi connectivity index (χ1n) is 4.04. The number of alkyl halides is 2. The van der Waals surface area contributed by atoms with Crippen LogP contribution in [-0.4, -0.2) is 5.92 Å². The van der Waals surface area contributed by atoms with Gasteiger partial charge in [0.25, 0.3) is 5.92 Å². The second kappa shape index (κ2) is 1.72. The summed E-state index contributed by atoms with van der Waals surface area (Å²) in [5, 5.41) is 0. The van der Waals surface area contributed by atoms with Crippen molar-refractivity contribution >= 4 is 0 Å². The molecular formula is C8H12F2. The van der Waals surface area contributed by atoms with E-state index in [2.05, 4.69) is 6.92 Å². The minimum atomic E-state index is -2.26. The van der Waals surface area contributed by atoms with Gasteiger partial charge in [-0.15, -0.1) is 0 Å². The monoisotopic (exact) mass is 146 g/mol. The van der Waals surface area contributed by atoms with Crippen molar-refractivity contribution in [3.63, 3.8) is 0 Å². The van der Waals surface area contributed by atoms with Gasteiger partial charge in [-0.25, -0.2) is 8.78 Å². The van der Waals surface area contributed by atoms with E-state index in [1.54, 1.807) is 0 Å². The van der Waals surface area contributed by atoms with E-state index in [0.29, 0.717) is 5.92 Å². The van der Waals surface area contributed by atoms with Crippen LogP contribution < -0.4 is 0 Å². The smallest absolute Gasteiger partial charge is 0.206 e. The van der Waals surface area contributed by atoms with Crippen LogP contribution in [0.25, 0.3) is 0 Å². The van der Waals surface area contributed by atoms with Crippen LogP contribution in [0.5, 0.6) is 0 Å². The van der Waals surface area contributed by atoms with Crippen molar-refractivity contribution < 1.29 is 8.78 Å². The highest BCUT2D eigenvalue weighted by Gasteiger charge is 2.70. The van der Waals surface area contributed by atoms with E-state index in [4.69, 9.17) is 0 Å². The Bertz CT molecular complexity index is 139. The van der Waals surface area contributed by atoms with Crippen LogP contribution in [0.4, 0.5) is 8.78 Å². The molecule has 2 unspecified atom stereocenters. The minimum absolute atomic E-state index is 0.225. The zero-order valence-electron chi connectivity index (χ0n) is 6.11. The molecule has 2 saturated carbocycles. The molecule has 2 aliphatic rings. The predicted octanol–water partition coefficient (Wildman–Crippen LogP) is 2.69. The van der Waals surface area contributed by atoms with Gasteiger partial charge in [-0.3, -0.25) is 0 Å². The zero-order valence-corrected chi connectivity index (χ0v) is 6.11. The SMILES string of the molecule is CCC1CC2C(C1)C2(F)F. The summed E-state index contributed by atoms with van der Waals surface area (Å²) < 4.78 is 25.1. The first-order chi connectivity index (χ1) is 4.66. The van der Waals surface area contributed by atoms with Gasteiger partial charge in [-0.1, -0.05) is 13.3 Å². The Labute approximate surface area is 59.6 Å². The second-order valence-corrected chi connectivity index (χ2v) is 3.63. The van der Waals surface area contributed by atoms with Crippen molar-refractivity contribution in [1.82, 2.24) is 0 Å². The molecule has 2 atom stereocenters. The molecule has 0 aromatic heterocycles. The molecule has 0 spiro atoms. The molecule has 2 rings (SSSR count). The standard InChI is InChI=1S/C8H12F2/c1-2-5-3-6-7(4-5)8(6,9)10/h5-7H,2-4H2,1H3. The molecule has 0 saturated heterocycles. The first-order valence-corrected chi connectivity index (χ1v) is 4.04. The third-order valence-corrected chi connectivity index (χ3v) is 3.12. The lowest BCUT2D eigenvalue weighted by molar-refractivity contribution is 0.0635. The van der Waals surface area contributed by atoms with Gasteiger partial charge in [0.1, 0.15) is 0 Å². The topological polar surface area (TPSA) is 0 Å². The summed E-state index contributed by atoms with van der Waals surface area (Å²) in [4.78, 5) is 0. The largest absolute Gasteiger partial charge is 0.254 e. The van der Waals surface area contributed by atoms with Crippen LogP contribution in [0.1, 0.15) is 26.2 Å². The molecule has 2 heteroatoms. The first kappa shape index (κ1) is 6.56. The van der Waals surface area contributed by atoms with Crippen LogP contribution in [0, 0.1) is 17.8 Å². The molecule has 0 amide bonds. The molecule has 0 bridgehead atoms. The number of fused-ring (bicyclic) bond motifs is 1. The predicted molar refractivity (Wildman–Crippen MR) is 34.9 cm³/mol. The summed E-state index contributed by atoms with van der Waals surface area (Å²) in [5.41, 5.74) is 0. The Morgan fingerprint density at radius 2 is 1.80 bits per heavy atom. The lowest BCUT2D eigenvalue weighted by Gasteiger charge is -2.09. The highest BCUT2D eigenvalue weighted by molar-refractivity contribution is 5.10. The van der Waals surface area contributed by atoms with Gasteiger partial charge < -0.3 is 0 Å². The van der Waals surface area contributed by atoms with E-state index in [1.807, 2.05) is 0 Å². The lowest BCUT2D eigenvalue weighted by Crippen LogP contribution is -2.06. The van der Waals surface area contributed by atoms with Crippen molar-refractivity contribution in [2.45, 2.75) is 32.1 Å². The summed E-state index contributed by atoms with van der Waals surface area (Å²) in [6, 6.07) is 0. The van der Waals surface area contributed by atoms with E-state index in [0.717, 1.165) is 19.3 Å². The van der Waals surface area contributed by atoms with Gasteiger partial charge in [0.15, 0.2) is 0 Å². The maximum absolute atomic E-state index is 12.6. The minimum Gasteiger partial charge on any atom is -0.206 e.